The Bertz CT molecular complexity index is 1130. The molecule has 0 aliphatic heterocycles. The fourth-order valence-corrected chi connectivity index (χ4v) is 4.70. The van der Waals surface area contributed by atoms with Crippen LogP contribution in [0.4, 0.5) is 10.1 Å². The lowest BCUT2D eigenvalue weighted by Gasteiger charge is -2.30. The molecule has 0 aliphatic rings. The van der Waals surface area contributed by atoms with Crippen molar-refractivity contribution in [1.82, 2.24) is 10.2 Å². The van der Waals surface area contributed by atoms with Crippen LogP contribution in [0.3, 0.4) is 0 Å². The molecule has 2 aromatic carbocycles. The highest BCUT2D eigenvalue weighted by atomic mass is 35.5. The van der Waals surface area contributed by atoms with Crippen molar-refractivity contribution in [3.05, 3.63) is 64.9 Å². The molecular weight excluding hydrogens is 493 g/mol. The van der Waals surface area contributed by atoms with E-state index < -0.39 is 21.9 Å². The molecule has 0 bridgehead atoms. The fraction of sp³-hybridized carbons (Fsp3) is 0.440. The predicted molar refractivity (Wildman–Crippen MR) is 137 cm³/mol. The molecule has 1 N–H and O–H groups in total. The van der Waals surface area contributed by atoms with Gasteiger partial charge in [0.05, 0.1) is 11.9 Å². The summed E-state index contributed by atoms with van der Waals surface area (Å²) in [6, 6.07) is 11.8. The first-order valence-electron chi connectivity index (χ1n) is 11.5. The van der Waals surface area contributed by atoms with Gasteiger partial charge in [-0.05, 0) is 56.5 Å². The predicted octanol–water partition coefficient (Wildman–Crippen LogP) is 4.36. The van der Waals surface area contributed by atoms with E-state index in [9.17, 15) is 22.4 Å². The molecule has 35 heavy (non-hydrogen) atoms. The summed E-state index contributed by atoms with van der Waals surface area (Å²) in [6.45, 7) is 5.58. The molecule has 10 heteroatoms. The van der Waals surface area contributed by atoms with E-state index in [1.165, 1.54) is 23.1 Å². The Kier molecular flexibility index (Phi) is 10.5. The van der Waals surface area contributed by atoms with Gasteiger partial charge in [0.1, 0.15) is 11.9 Å². The maximum Gasteiger partial charge on any atom is 0.242 e. The molecule has 2 unspecified atom stereocenters. The molecule has 0 fully saturated rings. The SMILES string of the molecule is CCC(C)NC(=O)C(C)N(Cc1cccc(Cl)c1)C(=O)CCCN(c1ccccc1F)S(C)(=O)=O. The van der Waals surface area contributed by atoms with E-state index in [4.69, 9.17) is 11.6 Å². The third-order valence-corrected chi connectivity index (χ3v) is 7.10. The second-order valence-corrected chi connectivity index (χ2v) is 10.9. The number of benzene rings is 2. The van der Waals surface area contributed by atoms with Crippen molar-refractivity contribution in [2.24, 2.45) is 0 Å². The molecule has 2 rings (SSSR count). The zero-order chi connectivity index (χ0) is 26.2. The first-order valence-corrected chi connectivity index (χ1v) is 13.7. The van der Waals surface area contributed by atoms with Crippen molar-refractivity contribution >= 4 is 39.1 Å². The number of halogens is 2. The molecule has 2 aromatic rings. The zero-order valence-corrected chi connectivity index (χ0v) is 22.1. The summed E-state index contributed by atoms with van der Waals surface area (Å²) in [4.78, 5) is 27.5. The third-order valence-electron chi connectivity index (χ3n) is 5.68. The number of anilines is 1. The minimum Gasteiger partial charge on any atom is -0.352 e. The Morgan fingerprint density at radius 3 is 2.40 bits per heavy atom. The van der Waals surface area contributed by atoms with Crippen molar-refractivity contribution in [2.75, 3.05) is 17.1 Å². The normalized spacial score (nSPS) is 13.1. The van der Waals surface area contributed by atoms with Gasteiger partial charge in [-0.3, -0.25) is 13.9 Å². The Morgan fingerprint density at radius 2 is 1.80 bits per heavy atom. The molecular formula is C25H33ClFN3O4S. The van der Waals surface area contributed by atoms with E-state index in [0.717, 1.165) is 22.5 Å². The summed E-state index contributed by atoms with van der Waals surface area (Å²) < 4.78 is 39.8. The lowest BCUT2D eigenvalue weighted by Crippen LogP contribution is -2.49. The standard InChI is InChI=1S/C25H33ClFN3O4S/c1-5-18(2)28-25(32)19(3)29(17-20-10-8-11-21(26)16-20)24(31)14-9-15-30(35(4,33)34)23-13-7-6-12-22(23)27/h6-8,10-13,16,18-19H,5,9,14-15,17H2,1-4H3,(H,28,32). The smallest absolute Gasteiger partial charge is 0.242 e. The first kappa shape index (κ1) is 28.6. The summed E-state index contributed by atoms with van der Waals surface area (Å²) in [5, 5.41) is 3.41. The summed E-state index contributed by atoms with van der Waals surface area (Å²) in [6.07, 6.45) is 1.86. The van der Waals surface area contributed by atoms with Crippen molar-refractivity contribution < 1.29 is 22.4 Å². The van der Waals surface area contributed by atoms with Gasteiger partial charge >= 0.3 is 0 Å². The average Bonchev–Trinajstić information content (AvgIpc) is 2.79. The molecule has 7 nitrogen and oxygen atoms in total. The number of carbonyl (C=O) groups excluding carboxylic acids is 2. The number of nitrogens with one attached hydrogen (secondary N) is 1. The van der Waals surface area contributed by atoms with E-state index >= 15 is 0 Å². The van der Waals surface area contributed by atoms with Crippen LogP contribution in [0.2, 0.25) is 5.02 Å². The summed E-state index contributed by atoms with van der Waals surface area (Å²) in [5.74, 6) is -1.26. The van der Waals surface area contributed by atoms with Gasteiger partial charge in [0.2, 0.25) is 21.8 Å². The Morgan fingerprint density at radius 1 is 1.11 bits per heavy atom. The van der Waals surface area contributed by atoms with Crippen LogP contribution in [0.5, 0.6) is 0 Å². The molecule has 0 radical (unpaired) electrons. The number of hydrogen-bond acceptors (Lipinski definition) is 4. The Balaban J connectivity index is 2.18. The van der Waals surface area contributed by atoms with E-state index in [0.29, 0.717) is 5.02 Å². The highest BCUT2D eigenvalue weighted by molar-refractivity contribution is 7.92. The van der Waals surface area contributed by atoms with Crippen LogP contribution in [0.1, 0.15) is 45.6 Å². The molecule has 0 spiro atoms. The summed E-state index contributed by atoms with van der Waals surface area (Å²) >= 11 is 6.09. The van der Waals surface area contributed by atoms with Crippen LogP contribution >= 0.6 is 11.6 Å². The van der Waals surface area contributed by atoms with Crippen molar-refractivity contribution in [2.45, 2.75) is 58.7 Å². The molecule has 0 saturated heterocycles. The van der Waals surface area contributed by atoms with Crippen molar-refractivity contribution in [1.29, 1.82) is 0 Å². The fourth-order valence-electron chi connectivity index (χ4n) is 3.52. The van der Waals surface area contributed by atoms with E-state index in [1.54, 1.807) is 31.2 Å². The highest BCUT2D eigenvalue weighted by Crippen LogP contribution is 2.22. The largest absolute Gasteiger partial charge is 0.352 e. The van der Waals surface area contributed by atoms with Gasteiger partial charge in [-0.2, -0.15) is 0 Å². The number of amides is 2. The van der Waals surface area contributed by atoms with E-state index in [1.807, 2.05) is 19.9 Å². The number of hydrogen-bond donors (Lipinski definition) is 1. The lowest BCUT2D eigenvalue weighted by atomic mass is 10.1. The van der Waals surface area contributed by atoms with Crippen molar-refractivity contribution in [3.8, 4) is 0 Å². The van der Waals surface area contributed by atoms with Gasteiger partial charge in [0, 0.05) is 30.6 Å². The number of rotatable bonds is 12. The second-order valence-electron chi connectivity index (χ2n) is 8.54. The molecule has 0 saturated carbocycles. The van der Waals surface area contributed by atoms with E-state index in [-0.39, 0.29) is 49.5 Å². The van der Waals surface area contributed by atoms with Gasteiger partial charge in [0.25, 0.3) is 0 Å². The monoisotopic (exact) mass is 525 g/mol. The number of carbonyl (C=O) groups is 2. The van der Waals surface area contributed by atoms with Crippen LogP contribution in [0, 0.1) is 5.82 Å². The minimum atomic E-state index is -3.77. The van der Waals surface area contributed by atoms with Crippen LogP contribution < -0.4 is 9.62 Å². The lowest BCUT2D eigenvalue weighted by molar-refractivity contribution is -0.140. The minimum absolute atomic E-state index is 0.0258. The summed E-state index contributed by atoms with van der Waals surface area (Å²) in [5.41, 5.74) is 0.692. The quantitative estimate of drug-likeness (QED) is 0.446. The second kappa shape index (κ2) is 12.9. The molecule has 2 amide bonds. The van der Waals surface area contributed by atoms with Crippen LogP contribution in [0.15, 0.2) is 48.5 Å². The molecule has 2 atom stereocenters. The first-order chi connectivity index (χ1) is 16.4. The van der Waals surface area contributed by atoms with Gasteiger partial charge < -0.3 is 10.2 Å². The van der Waals surface area contributed by atoms with Gasteiger partial charge in [-0.15, -0.1) is 0 Å². The highest BCUT2D eigenvalue weighted by Gasteiger charge is 2.27. The Hall–Kier alpha value is -2.65. The van der Waals surface area contributed by atoms with Crippen LogP contribution in [-0.4, -0.2) is 50.0 Å². The van der Waals surface area contributed by atoms with Gasteiger partial charge in [0.15, 0.2) is 0 Å². The maximum absolute atomic E-state index is 14.3. The number of sulfonamides is 1. The molecule has 0 heterocycles. The number of nitrogens with zero attached hydrogens (tertiary/aromatic N) is 2. The molecule has 0 aliphatic carbocycles. The van der Waals surface area contributed by atoms with E-state index in [2.05, 4.69) is 5.32 Å². The van der Waals surface area contributed by atoms with Crippen LogP contribution in [0.25, 0.3) is 0 Å². The maximum atomic E-state index is 14.3. The number of para-hydroxylation sites is 1. The van der Waals surface area contributed by atoms with Gasteiger partial charge in [-0.25, -0.2) is 12.8 Å². The van der Waals surface area contributed by atoms with Crippen LogP contribution in [-0.2, 0) is 26.2 Å². The zero-order valence-electron chi connectivity index (χ0n) is 20.5. The summed E-state index contributed by atoms with van der Waals surface area (Å²) in [7, 11) is -3.77. The topological polar surface area (TPSA) is 86.8 Å². The third kappa shape index (κ3) is 8.50. The van der Waals surface area contributed by atoms with Gasteiger partial charge in [-0.1, -0.05) is 42.8 Å². The molecule has 0 aromatic heterocycles. The molecule has 192 valence electrons. The average molecular weight is 526 g/mol. The van der Waals surface area contributed by atoms with Crippen molar-refractivity contribution in [3.63, 3.8) is 0 Å². The Labute approximate surface area is 212 Å².